The molecule has 1 aromatic carbocycles. The number of halogens is 3. The molecule has 0 bridgehead atoms. The highest BCUT2D eigenvalue weighted by Crippen LogP contribution is 2.44. The van der Waals surface area contributed by atoms with E-state index in [4.69, 9.17) is 5.11 Å². The molecule has 1 heterocycles. The molecule has 19 heavy (non-hydrogen) atoms. The Morgan fingerprint density at radius 2 is 1.95 bits per heavy atom. The average Bonchev–Trinajstić information content (AvgIpc) is 2.35. The van der Waals surface area contributed by atoms with Crippen LogP contribution in [-0.4, -0.2) is 29.1 Å². The minimum Gasteiger partial charge on any atom is -0.478 e. The minimum absolute atomic E-state index is 0.168. The van der Waals surface area contributed by atoms with Crippen LogP contribution in [0.15, 0.2) is 29.8 Å². The van der Waals surface area contributed by atoms with Gasteiger partial charge in [0.05, 0.1) is 5.57 Å². The van der Waals surface area contributed by atoms with Gasteiger partial charge in [-0.05, 0) is 12.1 Å². The van der Waals surface area contributed by atoms with E-state index < -0.39 is 29.6 Å². The van der Waals surface area contributed by atoms with Crippen LogP contribution in [0, 0.1) is 0 Å². The summed E-state index contributed by atoms with van der Waals surface area (Å²) >= 11 is 0. The molecule has 0 fully saturated rings. The number of rotatable bonds is 2. The van der Waals surface area contributed by atoms with Gasteiger partial charge in [-0.3, -0.25) is 4.79 Å². The summed E-state index contributed by atoms with van der Waals surface area (Å²) in [6.07, 6.45) is -4.92. The SMILES string of the molecule is O=CC1(C(F)(F)F)Oc2ccccc2C=C1C(=O)O. The van der Waals surface area contributed by atoms with Crippen LogP contribution in [0.5, 0.6) is 5.75 Å². The van der Waals surface area contributed by atoms with E-state index >= 15 is 0 Å². The summed E-state index contributed by atoms with van der Waals surface area (Å²) in [4.78, 5) is 21.9. The third kappa shape index (κ3) is 1.87. The van der Waals surface area contributed by atoms with Gasteiger partial charge < -0.3 is 9.84 Å². The van der Waals surface area contributed by atoms with Crippen LogP contribution in [0.3, 0.4) is 0 Å². The van der Waals surface area contributed by atoms with Gasteiger partial charge in [0.15, 0.2) is 6.29 Å². The molecule has 0 aliphatic carbocycles. The number of hydrogen-bond donors (Lipinski definition) is 1. The number of hydrogen-bond acceptors (Lipinski definition) is 3. The van der Waals surface area contributed by atoms with Gasteiger partial charge in [-0.15, -0.1) is 0 Å². The molecule has 4 nitrogen and oxygen atoms in total. The number of carbonyl (C=O) groups excluding carboxylic acids is 1. The lowest BCUT2D eigenvalue weighted by Crippen LogP contribution is -2.56. The van der Waals surface area contributed by atoms with Gasteiger partial charge in [0.2, 0.25) is 0 Å². The highest BCUT2D eigenvalue weighted by atomic mass is 19.4. The third-order valence-electron chi connectivity index (χ3n) is 2.71. The summed E-state index contributed by atoms with van der Waals surface area (Å²) in [7, 11) is 0. The standard InChI is InChI=1S/C12H7F3O4/c13-12(14,15)11(6-16)8(10(17)18)5-7-3-1-2-4-9(7)19-11/h1-6H,(H,17,18). The maximum Gasteiger partial charge on any atom is 0.440 e. The van der Waals surface area contributed by atoms with Gasteiger partial charge in [0, 0.05) is 5.56 Å². The lowest BCUT2D eigenvalue weighted by Gasteiger charge is -2.34. The highest BCUT2D eigenvalue weighted by molar-refractivity contribution is 6.01. The topological polar surface area (TPSA) is 63.6 Å². The van der Waals surface area contributed by atoms with Crippen molar-refractivity contribution >= 4 is 18.3 Å². The molecule has 1 aliphatic heterocycles. The van der Waals surface area contributed by atoms with Crippen molar-refractivity contribution in [1.29, 1.82) is 0 Å². The van der Waals surface area contributed by atoms with Crippen molar-refractivity contribution < 1.29 is 32.6 Å². The first kappa shape index (κ1) is 13.1. The molecule has 1 atom stereocenters. The fourth-order valence-electron chi connectivity index (χ4n) is 1.77. The van der Waals surface area contributed by atoms with Crippen molar-refractivity contribution in [1.82, 2.24) is 0 Å². The van der Waals surface area contributed by atoms with Crippen LogP contribution in [0.1, 0.15) is 5.56 Å². The van der Waals surface area contributed by atoms with Gasteiger partial charge in [-0.1, -0.05) is 18.2 Å². The zero-order valence-corrected chi connectivity index (χ0v) is 9.27. The number of carbonyl (C=O) groups is 2. The van der Waals surface area contributed by atoms with Crippen LogP contribution in [-0.2, 0) is 9.59 Å². The zero-order chi connectivity index (χ0) is 14.3. The summed E-state index contributed by atoms with van der Waals surface area (Å²) in [6.45, 7) is 0. The van der Waals surface area contributed by atoms with E-state index in [0.29, 0.717) is 0 Å². The first-order chi connectivity index (χ1) is 8.82. The Balaban J connectivity index is 2.71. The molecule has 0 saturated carbocycles. The van der Waals surface area contributed by atoms with E-state index in [1.165, 1.54) is 24.3 Å². The molecule has 0 spiro atoms. The monoisotopic (exact) mass is 272 g/mol. The van der Waals surface area contributed by atoms with Gasteiger partial charge >= 0.3 is 12.1 Å². The molecule has 100 valence electrons. The van der Waals surface area contributed by atoms with Crippen LogP contribution < -0.4 is 4.74 Å². The number of fused-ring (bicyclic) bond motifs is 1. The number of carboxylic acids is 1. The van der Waals surface area contributed by atoms with Crippen LogP contribution in [0.25, 0.3) is 6.08 Å². The van der Waals surface area contributed by atoms with Crippen LogP contribution in [0.4, 0.5) is 13.2 Å². The zero-order valence-electron chi connectivity index (χ0n) is 9.27. The maximum absolute atomic E-state index is 13.0. The van der Waals surface area contributed by atoms with Crippen LogP contribution >= 0.6 is 0 Å². The molecule has 2 rings (SSSR count). The second-order valence-electron chi connectivity index (χ2n) is 3.85. The molecular weight excluding hydrogens is 265 g/mol. The predicted molar refractivity (Wildman–Crippen MR) is 57.5 cm³/mol. The minimum atomic E-state index is -5.17. The molecule has 1 aromatic rings. The van der Waals surface area contributed by atoms with Crippen molar-refractivity contribution in [3.05, 3.63) is 35.4 Å². The Morgan fingerprint density at radius 3 is 2.47 bits per heavy atom. The molecule has 0 amide bonds. The summed E-state index contributed by atoms with van der Waals surface area (Å²) in [6, 6.07) is 5.56. The van der Waals surface area contributed by atoms with Gasteiger partial charge in [-0.2, -0.15) is 13.2 Å². The van der Waals surface area contributed by atoms with E-state index in [0.717, 1.165) is 6.08 Å². The van der Waals surface area contributed by atoms with E-state index in [1.54, 1.807) is 0 Å². The predicted octanol–water partition coefficient (Wildman–Crippen LogP) is 2.05. The molecule has 1 N–H and O–H groups in total. The Kier molecular flexibility index (Phi) is 2.84. The van der Waals surface area contributed by atoms with Crippen molar-refractivity contribution in [3.63, 3.8) is 0 Å². The summed E-state index contributed by atoms with van der Waals surface area (Å²) in [5.41, 5.74) is -4.47. The fourth-order valence-corrected chi connectivity index (χ4v) is 1.77. The van der Waals surface area contributed by atoms with Crippen molar-refractivity contribution in [3.8, 4) is 5.75 Å². The summed E-state index contributed by atoms with van der Waals surface area (Å²) in [5, 5.41) is 8.89. The van der Waals surface area contributed by atoms with Gasteiger partial charge in [0.25, 0.3) is 5.60 Å². The molecule has 0 aromatic heterocycles. The van der Waals surface area contributed by atoms with E-state index in [2.05, 4.69) is 4.74 Å². The molecule has 0 saturated heterocycles. The number of aliphatic carboxylic acids is 1. The number of para-hydroxylation sites is 1. The largest absolute Gasteiger partial charge is 0.478 e. The van der Waals surface area contributed by atoms with E-state index in [9.17, 15) is 22.8 Å². The van der Waals surface area contributed by atoms with E-state index in [-0.39, 0.29) is 11.3 Å². The Labute approximate surface area is 105 Å². The lowest BCUT2D eigenvalue weighted by atomic mass is 9.89. The third-order valence-corrected chi connectivity index (χ3v) is 2.71. The molecule has 1 aliphatic rings. The molecule has 1 unspecified atom stereocenters. The number of aldehydes is 1. The summed E-state index contributed by atoms with van der Waals surface area (Å²) in [5.74, 6) is -2.06. The number of carboxylic acid groups (broad SMARTS) is 1. The average molecular weight is 272 g/mol. The number of ether oxygens (including phenoxy) is 1. The fraction of sp³-hybridized carbons (Fsp3) is 0.167. The van der Waals surface area contributed by atoms with Gasteiger partial charge in [-0.25, -0.2) is 4.79 Å². The second-order valence-corrected chi connectivity index (χ2v) is 3.85. The van der Waals surface area contributed by atoms with Gasteiger partial charge in [0.1, 0.15) is 5.75 Å². The first-order valence-corrected chi connectivity index (χ1v) is 5.08. The molecular formula is C12H7F3O4. The lowest BCUT2D eigenvalue weighted by molar-refractivity contribution is -0.224. The normalized spacial score (nSPS) is 21.9. The summed E-state index contributed by atoms with van der Waals surface area (Å²) < 4.78 is 43.8. The molecule has 0 radical (unpaired) electrons. The highest BCUT2D eigenvalue weighted by Gasteiger charge is 2.63. The van der Waals surface area contributed by atoms with Crippen molar-refractivity contribution in [2.45, 2.75) is 11.8 Å². The number of benzene rings is 1. The quantitative estimate of drug-likeness (QED) is 0.837. The Hall–Kier alpha value is -2.31. The maximum atomic E-state index is 13.0. The smallest absolute Gasteiger partial charge is 0.440 e. The van der Waals surface area contributed by atoms with Crippen LogP contribution in [0.2, 0.25) is 0 Å². The molecule has 7 heteroatoms. The first-order valence-electron chi connectivity index (χ1n) is 5.08. The van der Waals surface area contributed by atoms with E-state index in [1.807, 2.05) is 0 Å². The van der Waals surface area contributed by atoms with Crippen molar-refractivity contribution in [2.24, 2.45) is 0 Å². The second kappa shape index (κ2) is 4.11. The van der Waals surface area contributed by atoms with Crippen molar-refractivity contribution in [2.75, 3.05) is 0 Å². The Morgan fingerprint density at radius 1 is 1.32 bits per heavy atom. The number of alkyl halides is 3. The Bertz CT molecular complexity index is 577.